The Morgan fingerprint density at radius 2 is 2.11 bits per heavy atom. The molecule has 1 saturated heterocycles. The Morgan fingerprint density at radius 3 is 2.61 bits per heavy atom. The van der Waals surface area contributed by atoms with Crippen LogP contribution in [0.5, 0.6) is 0 Å². The van der Waals surface area contributed by atoms with E-state index in [4.69, 9.17) is 10.5 Å². The maximum absolute atomic E-state index is 6.10. The van der Waals surface area contributed by atoms with Gasteiger partial charge in [-0.25, -0.2) is 0 Å². The maximum Gasteiger partial charge on any atom is 0.0568 e. The van der Waals surface area contributed by atoms with Crippen molar-refractivity contribution >= 4 is 11.3 Å². The average Bonchev–Trinajstić information content (AvgIpc) is 2.80. The molecular weight excluding hydrogens is 244 g/mol. The SMILES string of the molecule is CC1CC(CN)(N(C)Cc2ccsc2)CC(C)O1. The van der Waals surface area contributed by atoms with Crippen LogP contribution in [-0.4, -0.2) is 36.2 Å². The summed E-state index contributed by atoms with van der Waals surface area (Å²) < 4.78 is 5.85. The zero-order valence-electron chi connectivity index (χ0n) is 11.6. The van der Waals surface area contributed by atoms with Gasteiger partial charge in [-0.15, -0.1) is 0 Å². The summed E-state index contributed by atoms with van der Waals surface area (Å²) in [5.74, 6) is 0. The number of rotatable bonds is 4. The lowest BCUT2D eigenvalue weighted by Gasteiger charge is -2.48. The lowest BCUT2D eigenvalue weighted by atomic mass is 9.82. The number of ether oxygens (including phenoxy) is 1. The van der Waals surface area contributed by atoms with Crippen molar-refractivity contribution in [3.63, 3.8) is 0 Å². The molecule has 1 aliphatic heterocycles. The molecule has 0 saturated carbocycles. The van der Waals surface area contributed by atoms with E-state index in [1.807, 2.05) is 0 Å². The summed E-state index contributed by atoms with van der Waals surface area (Å²) in [5.41, 5.74) is 7.56. The van der Waals surface area contributed by atoms with Gasteiger partial charge in [0.25, 0.3) is 0 Å². The number of nitrogens with two attached hydrogens (primary N) is 1. The lowest BCUT2D eigenvalue weighted by molar-refractivity contribution is -0.0993. The maximum atomic E-state index is 6.10. The molecule has 2 heterocycles. The predicted molar refractivity (Wildman–Crippen MR) is 76.8 cm³/mol. The second-order valence-electron chi connectivity index (χ2n) is 5.58. The van der Waals surface area contributed by atoms with Crippen LogP contribution in [-0.2, 0) is 11.3 Å². The summed E-state index contributed by atoms with van der Waals surface area (Å²) in [6.07, 6.45) is 2.63. The molecule has 0 aliphatic carbocycles. The van der Waals surface area contributed by atoms with E-state index < -0.39 is 0 Å². The Labute approximate surface area is 114 Å². The highest BCUT2D eigenvalue weighted by Crippen LogP contribution is 2.33. The quantitative estimate of drug-likeness (QED) is 0.911. The zero-order valence-corrected chi connectivity index (χ0v) is 12.4. The summed E-state index contributed by atoms with van der Waals surface area (Å²) in [5, 5.41) is 4.35. The number of thiophene rings is 1. The van der Waals surface area contributed by atoms with Gasteiger partial charge in [0, 0.05) is 18.6 Å². The van der Waals surface area contributed by atoms with Crippen molar-refractivity contribution in [3.05, 3.63) is 22.4 Å². The zero-order chi connectivity index (χ0) is 13.2. The fourth-order valence-electron chi connectivity index (χ4n) is 3.10. The normalized spacial score (nSPS) is 32.9. The van der Waals surface area contributed by atoms with Crippen molar-refractivity contribution in [3.8, 4) is 0 Å². The van der Waals surface area contributed by atoms with Crippen LogP contribution in [0.25, 0.3) is 0 Å². The van der Waals surface area contributed by atoms with E-state index in [0.717, 1.165) is 19.4 Å². The molecule has 0 amide bonds. The van der Waals surface area contributed by atoms with Crippen molar-refractivity contribution < 1.29 is 4.74 Å². The van der Waals surface area contributed by atoms with Crippen molar-refractivity contribution in [2.75, 3.05) is 13.6 Å². The van der Waals surface area contributed by atoms with Gasteiger partial charge in [0.15, 0.2) is 0 Å². The van der Waals surface area contributed by atoms with Gasteiger partial charge in [-0.05, 0) is 56.1 Å². The minimum absolute atomic E-state index is 0.0824. The standard InChI is InChI=1S/C14H24N2OS/c1-11-6-14(10-15,7-12(2)17-11)16(3)8-13-4-5-18-9-13/h4-5,9,11-12H,6-8,10,15H2,1-3H3. The Balaban J connectivity index is 2.10. The van der Waals surface area contributed by atoms with Gasteiger partial charge in [-0.3, -0.25) is 4.90 Å². The van der Waals surface area contributed by atoms with Crippen molar-refractivity contribution in [2.24, 2.45) is 5.73 Å². The van der Waals surface area contributed by atoms with Gasteiger partial charge >= 0.3 is 0 Å². The van der Waals surface area contributed by atoms with E-state index in [2.05, 4.69) is 42.6 Å². The van der Waals surface area contributed by atoms with Crippen LogP contribution < -0.4 is 5.73 Å². The first kappa shape index (κ1) is 14.0. The molecule has 1 aromatic rings. The summed E-state index contributed by atoms with van der Waals surface area (Å²) in [6, 6.07) is 2.19. The first-order valence-corrected chi connectivity index (χ1v) is 7.58. The van der Waals surface area contributed by atoms with E-state index in [1.165, 1.54) is 5.56 Å². The molecule has 0 spiro atoms. The van der Waals surface area contributed by atoms with Crippen molar-refractivity contribution in [2.45, 2.75) is 51.0 Å². The molecule has 0 radical (unpaired) electrons. The first-order chi connectivity index (χ1) is 8.55. The highest BCUT2D eigenvalue weighted by Gasteiger charge is 2.40. The molecule has 18 heavy (non-hydrogen) atoms. The number of nitrogens with zero attached hydrogens (tertiary/aromatic N) is 1. The largest absolute Gasteiger partial charge is 0.375 e. The van der Waals surface area contributed by atoms with Gasteiger partial charge in [0.1, 0.15) is 0 Å². The molecule has 2 atom stereocenters. The van der Waals surface area contributed by atoms with Crippen molar-refractivity contribution in [1.82, 2.24) is 4.90 Å². The van der Waals surface area contributed by atoms with Crippen LogP contribution in [0.15, 0.2) is 16.8 Å². The highest BCUT2D eigenvalue weighted by molar-refractivity contribution is 7.07. The second kappa shape index (κ2) is 5.70. The highest BCUT2D eigenvalue weighted by atomic mass is 32.1. The van der Waals surface area contributed by atoms with Gasteiger partial charge in [-0.1, -0.05) is 0 Å². The molecule has 4 heteroatoms. The average molecular weight is 268 g/mol. The lowest BCUT2D eigenvalue weighted by Crippen LogP contribution is -2.58. The predicted octanol–water partition coefficient (Wildman–Crippen LogP) is 2.46. The third-order valence-electron chi connectivity index (χ3n) is 3.99. The number of likely N-dealkylation sites (N-methyl/N-ethyl adjacent to an activating group) is 1. The van der Waals surface area contributed by atoms with E-state index >= 15 is 0 Å². The van der Waals surface area contributed by atoms with Gasteiger partial charge in [0.05, 0.1) is 12.2 Å². The molecule has 1 aliphatic rings. The Hall–Kier alpha value is -0.420. The molecule has 0 bridgehead atoms. The van der Waals surface area contributed by atoms with E-state index in [-0.39, 0.29) is 5.54 Å². The Kier molecular flexibility index (Phi) is 4.43. The minimum atomic E-state index is 0.0824. The van der Waals surface area contributed by atoms with E-state index in [1.54, 1.807) is 11.3 Å². The second-order valence-corrected chi connectivity index (χ2v) is 6.36. The van der Waals surface area contributed by atoms with Crippen molar-refractivity contribution in [1.29, 1.82) is 0 Å². The molecular formula is C14H24N2OS. The fraction of sp³-hybridized carbons (Fsp3) is 0.714. The molecule has 1 aromatic heterocycles. The fourth-order valence-corrected chi connectivity index (χ4v) is 3.76. The first-order valence-electron chi connectivity index (χ1n) is 6.63. The molecule has 2 unspecified atom stereocenters. The molecule has 3 nitrogen and oxygen atoms in total. The van der Waals surface area contributed by atoms with Crippen LogP contribution in [0, 0.1) is 0 Å². The number of hydrogen-bond acceptors (Lipinski definition) is 4. The molecule has 1 fully saturated rings. The van der Waals surface area contributed by atoms with Crippen LogP contribution in [0.3, 0.4) is 0 Å². The topological polar surface area (TPSA) is 38.5 Å². The minimum Gasteiger partial charge on any atom is -0.375 e. The monoisotopic (exact) mass is 268 g/mol. The molecule has 0 aromatic carbocycles. The molecule has 2 N–H and O–H groups in total. The Bertz CT molecular complexity index is 356. The third kappa shape index (κ3) is 2.94. The van der Waals surface area contributed by atoms with E-state index in [9.17, 15) is 0 Å². The number of hydrogen-bond donors (Lipinski definition) is 1. The van der Waals surface area contributed by atoms with Gasteiger partial charge in [0.2, 0.25) is 0 Å². The molecule has 102 valence electrons. The van der Waals surface area contributed by atoms with Crippen LogP contribution in [0.1, 0.15) is 32.3 Å². The Morgan fingerprint density at radius 1 is 1.44 bits per heavy atom. The van der Waals surface area contributed by atoms with Crippen LogP contribution in [0.4, 0.5) is 0 Å². The summed E-state index contributed by atoms with van der Waals surface area (Å²) in [4.78, 5) is 2.42. The molecule has 2 rings (SSSR count). The summed E-state index contributed by atoms with van der Waals surface area (Å²) in [6.45, 7) is 5.98. The summed E-state index contributed by atoms with van der Waals surface area (Å²) in [7, 11) is 2.19. The third-order valence-corrected chi connectivity index (χ3v) is 4.72. The summed E-state index contributed by atoms with van der Waals surface area (Å²) >= 11 is 1.75. The van der Waals surface area contributed by atoms with E-state index in [0.29, 0.717) is 18.8 Å². The van der Waals surface area contributed by atoms with Crippen LogP contribution in [0.2, 0.25) is 0 Å². The smallest absolute Gasteiger partial charge is 0.0568 e. The van der Waals surface area contributed by atoms with Crippen LogP contribution >= 0.6 is 11.3 Å². The van der Waals surface area contributed by atoms with Gasteiger partial charge in [-0.2, -0.15) is 11.3 Å². The van der Waals surface area contributed by atoms with Gasteiger partial charge < -0.3 is 10.5 Å².